The summed E-state index contributed by atoms with van der Waals surface area (Å²) in [7, 11) is 0. The van der Waals surface area contributed by atoms with Crippen molar-refractivity contribution in [2.24, 2.45) is 11.8 Å². The van der Waals surface area contributed by atoms with Crippen LogP contribution in [-0.2, 0) is 13.1 Å². The third kappa shape index (κ3) is 1.77. The Kier molecular flexibility index (Phi) is 2.62. The number of nitrogens with one attached hydrogen (secondary N) is 1. The van der Waals surface area contributed by atoms with Crippen molar-refractivity contribution in [3.63, 3.8) is 0 Å². The summed E-state index contributed by atoms with van der Waals surface area (Å²) in [5.74, 6) is 3.02. The normalized spacial score (nSPS) is 35.7. The van der Waals surface area contributed by atoms with Gasteiger partial charge in [0.2, 0.25) is 0 Å². The molecule has 1 aromatic rings. The summed E-state index contributed by atoms with van der Waals surface area (Å²) in [6.45, 7) is 5.59. The SMILES string of the molecule is c1nnc2n1CCN(CC1NCC3CCCC31)C2. The molecule has 4 rings (SSSR count). The molecule has 2 fully saturated rings. The molecule has 1 saturated heterocycles. The molecule has 0 radical (unpaired) electrons. The van der Waals surface area contributed by atoms with Crippen molar-refractivity contribution in [1.29, 1.82) is 0 Å². The lowest BCUT2D eigenvalue weighted by Crippen LogP contribution is -2.43. The summed E-state index contributed by atoms with van der Waals surface area (Å²) < 4.78 is 2.18. The number of nitrogens with zero attached hydrogens (tertiary/aromatic N) is 4. The smallest absolute Gasteiger partial charge is 0.147 e. The maximum atomic E-state index is 4.20. The highest BCUT2D eigenvalue weighted by Gasteiger charge is 2.39. The highest BCUT2D eigenvalue weighted by Crippen LogP contribution is 2.38. The van der Waals surface area contributed by atoms with Gasteiger partial charge in [0.25, 0.3) is 0 Å². The van der Waals surface area contributed by atoms with E-state index in [9.17, 15) is 0 Å². The Morgan fingerprint density at radius 1 is 1.33 bits per heavy atom. The van der Waals surface area contributed by atoms with Crippen molar-refractivity contribution in [2.45, 2.75) is 38.4 Å². The fraction of sp³-hybridized carbons (Fsp3) is 0.846. The molecule has 1 aromatic heterocycles. The maximum absolute atomic E-state index is 4.20. The van der Waals surface area contributed by atoms with Crippen LogP contribution in [0.25, 0.3) is 0 Å². The molecule has 5 nitrogen and oxygen atoms in total. The van der Waals surface area contributed by atoms with Crippen LogP contribution in [0.3, 0.4) is 0 Å². The summed E-state index contributed by atoms with van der Waals surface area (Å²) in [4.78, 5) is 2.54. The Balaban J connectivity index is 1.41. The van der Waals surface area contributed by atoms with Crippen LogP contribution < -0.4 is 5.32 Å². The van der Waals surface area contributed by atoms with E-state index in [0.717, 1.165) is 37.3 Å². The molecule has 3 atom stereocenters. The van der Waals surface area contributed by atoms with E-state index in [0.29, 0.717) is 6.04 Å². The van der Waals surface area contributed by atoms with Crippen LogP contribution >= 0.6 is 0 Å². The topological polar surface area (TPSA) is 46.0 Å². The molecule has 98 valence electrons. The lowest BCUT2D eigenvalue weighted by atomic mass is 9.94. The average Bonchev–Trinajstić information content (AvgIpc) is 3.06. The highest BCUT2D eigenvalue weighted by molar-refractivity contribution is 4.97. The summed E-state index contributed by atoms with van der Waals surface area (Å²) in [6.07, 6.45) is 6.18. The molecule has 1 N–H and O–H groups in total. The van der Waals surface area contributed by atoms with Gasteiger partial charge in [0.1, 0.15) is 12.2 Å². The van der Waals surface area contributed by atoms with E-state index in [4.69, 9.17) is 0 Å². The van der Waals surface area contributed by atoms with Crippen molar-refractivity contribution in [1.82, 2.24) is 25.0 Å². The third-order valence-corrected chi connectivity index (χ3v) is 5.05. The van der Waals surface area contributed by atoms with Crippen molar-refractivity contribution >= 4 is 0 Å². The largest absolute Gasteiger partial charge is 0.315 e. The summed E-state index contributed by atoms with van der Waals surface area (Å²) >= 11 is 0. The van der Waals surface area contributed by atoms with Crippen LogP contribution in [0.4, 0.5) is 0 Å². The minimum absolute atomic E-state index is 0.715. The van der Waals surface area contributed by atoms with Crippen molar-refractivity contribution < 1.29 is 0 Å². The Morgan fingerprint density at radius 2 is 2.33 bits per heavy atom. The van der Waals surface area contributed by atoms with Crippen LogP contribution in [0.5, 0.6) is 0 Å². The first-order valence-electron chi connectivity index (χ1n) is 7.22. The second-order valence-electron chi connectivity index (χ2n) is 6.05. The molecule has 1 saturated carbocycles. The second-order valence-corrected chi connectivity index (χ2v) is 6.05. The zero-order valence-electron chi connectivity index (χ0n) is 10.8. The number of fused-ring (bicyclic) bond motifs is 2. The van der Waals surface area contributed by atoms with Crippen LogP contribution in [0.15, 0.2) is 6.33 Å². The first-order chi connectivity index (χ1) is 8.90. The molecule has 1 aliphatic carbocycles. The molecule has 5 heteroatoms. The Morgan fingerprint density at radius 3 is 3.33 bits per heavy atom. The van der Waals surface area contributed by atoms with Crippen molar-refractivity contribution in [3.8, 4) is 0 Å². The van der Waals surface area contributed by atoms with Gasteiger partial charge in [-0.2, -0.15) is 0 Å². The van der Waals surface area contributed by atoms with E-state index < -0.39 is 0 Å². The summed E-state index contributed by atoms with van der Waals surface area (Å²) in [6, 6.07) is 0.715. The van der Waals surface area contributed by atoms with Gasteiger partial charge in [-0.3, -0.25) is 4.90 Å². The minimum Gasteiger partial charge on any atom is -0.315 e. The average molecular weight is 247 g/mol. The van der Waals surface area contributed by atoms with E-state index in [2.05, 4.69) is 25.0 Å². The van der Waals surface area contributed by atoms with E-state index in [1.54, 1.807) is 0 Å². The van der Waals surface area contributed by atoms with Gasteiger partial charge < -0.3 is 9.88 Å². The standard InChI is InChI=1S/C13H21N5/c1-2-10-6-14-12(11(10)3-1)7-17-4-5-18-9-15-16-13(18)8-17/h9-12,14H,1-8H2. The van der Waals surface area contributed by atoms with E-state index in [1.807, 2.05) is 6.33 Å². The van der Waals surface area contributed by atoms with Crippen molar-refractivity contribution in [2.75, 3.05) is 19.6 Å². The predicted octanol–water partition coefficient (Wildman–Crippen LogP) is 0.482. The third-order valence-electron chi connectivity index (χ3n) is 5.05. The first kappa shape index (κ1) is 10.9. The van der Waals surface area contributed by atoms with Crippen LogP contribution in [0.2, 0.25) is 0 Å². The van der Waals surface area contributed by atoms with E-state index in [-0.39, 0.29) is 0 Å². The summed E-state index contributed by atoms with van der Waals surface area (Å²) in [5.41, 5.74) is 0. The van der Waals surface area contributed by atoms with Gasteiger partial charge in [-0.05, 0) is 31.2 Å². The van der Waals surface area contributed by atoms with Crippen LogP contribution in [0, 0.1) is 11.8 Å². The molecule has 0 aromatic carbocycles. The quantitative estimate of drug-likeness (QED) is 0.826. The van der Waals surface area contributed by atoms with Crippen LogP contribution in [0.1, 0.15) is 25.1 Å². The minimum atomic E-state index is 0.715. The van der Waals surface area contributed by atoms with Gasteiger partial charge in [-0.25, -0.2) is 0 Å². The van der Waals surface area contributed by atoms with Gasteiger partial charge in [0.15, 0.2) is 0 Å². The molecule has 0 amide bonds. The molecular formula is C13H21N5. The molecule has 0 bridgehead atoms. The Bertz CT molecular complexity index is 429. The van der Waals surface area contributed by atoms with E-state index >= 15 is 0 Å². The maximum Gasteiger partial charge on any atom is 0.147 e. The predicted molar refractivity (Wildman–Crippen MR) is 67.9 cm³/mol. The van der Waals surface area contributed by atoms with Crippen LogP contribution in [-0.4, -0.2) is 45.3 Å². The van der Waals surface area contributed by atoms with Gasteiger partial charge in [0.05, 0.1) is 6.54 Å². The number of hydrogen-bond acceptors (Lipinski definition) is 4. The highest BCUT2D eigenvalue weighted by atomic mass is 15.3. The number of rotatable bonds is 2. The number of aromatic nitrogens is 3. The number of hydrogen-bond donors (Lipinski definition) is 1. The van der Waals surface area contributed by atoms with Gasteiger partial charge in [-0.1, -0.05) is 6.42 Å². The summed E-state index contributed by atoms with van der Waals surface area (Å²) in [5, 5.41) is 11.9. The second kappa shape index (κ2) is 4.31. The Hall–Kier alpha value is -0.940. The molecular weight excluding hydrogens is 226 g/mol. The van der Waals surface area contributed by atoms with Crippen molar-refractivity contribution in [3.05, 3.63) is 12.2 Å². The Labute approximate surface area is 108 Å². The molecule has 3 heterocycles. The van der Waals surface area contributed by atoms with Gasteiger partial charge in [-0.15, -0.1) is 10.2 Å². The van der Waals surface area contributed by atoms with E-state index in [1.165, 1.54) is 32.4 Å². The zero-order chi connectivity index (χ0) is 11.9. The molecule has 0 spiro atoms. The fourth-order valence-electron chi connectivity index (χ4n) is 4.05. The lowest BCUT2D eigenvalue weighted by Gasteiger charge is -2.31. The van der Waals surface area contributed by atoms with Gasteiger partial charge >= 0.3 is 0 Å². The zero-order valence-corrected chi connectivity index (χ0v) is 10.8. The first-order valence-corrected chi connectivity index (χ1v) is 7.22. The molecule has 18 heavy (non-hydrogen) atoms. The molecule has 3 aliphatic rings. The molecule has 3 unspecified atom stereocenters. The monoisotopic (exact) mass is 247 g/mol. The fourth-order valence-corrected chi connectivity index (χ4v) is 4.05. The lowest BCUT2D eigenvalue weighted by molar-refractivity contribution is 0.184. The van der Waals surface area contributed by atoms with Gasteiger partial charge in [0, 0.05) is 25.7 Å². The molecule has 2 aliphatic heterocycles.